The van der Waals surface area contributed by atoms with E-state index in [2.05, 4.69) is 55.0 Å². The molecule has 0 spiro atoms. The average Bonchev–Trinajstić information content (AvgIpc) is 2.74. The predicted molar refractivity (Wildman–Crippen MR) is 140 cm³/mol. The molecule has 0 N–H and O–H groups in total. The number of esters is 1. The molecule has 0 bridgehead atoms. The minimum atomic E-state index is -0.108. The quantitative estimate of drug-likeness (QED) is 0.284. The van der Waals surface area contributed by atoms with Crippen LogP contribution in [0.2, 0.25) is 0 Å². The van der Waals surface area contributed by atoms with Crippen molar-refractivity contribution in [3.8, 4) is 0 Å². The fourth-order valence-corrected chi connectivity index (χ4v) is 11.8. The molecule has 4 unspecified atom stereocenters. The highest BCUT2D eigenvalue weighted by Gasteiger charge is 2.70. The number of ether oxygens (including phenoxy) is 1. The predicted octanol–water partition coefficient (Wildman–Crippen LogP) is 8.60. The minimum Gasteiger partial charge on any atom is -0.462 e. The van der Waals surface area contributed by atoms with Gasteiger partial charge in [0.2, 0.25) is 0 Å². The van der Waals surface area contributed by atoms with Gasteiger partial charge in [0.1, 0.15) is 6.10 Å². The van der Waals surface area contributed by atoms with E-state index < -0.39 is 0 Å². The largest absolute Gasteiger partial charge is 0.462 e. The Bertz CT molecular complexity index is 872. The molecule has 2 nitrogen and oxygen atoms in total. The van der Waals surface area contributed by atoms with Gasteiger partial charge in [0.25, 0.3) is 0 Å². The molecule has 0 aromatic carbocycles. The Morgan fingerprint density at radius 3 is 2.24 bits per heavy atom. The summed E-state index contributed by atoms with van der Waals surface area (Å²) >= 11 is 0. The van der Waals surface area contributed by atoms with Crippen molar-refractivity contribution in [1.82, 2.24) is 0 Å². The topological polar surface area (TPSA) is 26.3 Å². The summed E-state index contributed by atoms with van der Waals surface area (Å²) in [5.41, 5.74) is 3.28. The highest BCUT2D eigenvalue weighted by Crippen LogP contribution is 2.77. The van der Waals surface area contributed by atoms with Crippen LogP contribution in [-0.4, -0.2) is 12.1 Å². The Morgan fingerprint density at radius 1 is 0.853 bits per heavy atom. The maximum atomic E-state index is 11.9. The first-order valence-electron chi connectivity index (χ1n) is 14.6. The van der Waals surface area contributed by atoms with Crippen molar-refractivity contribution >= 4 is 5.97 Å². The van der Waals surface area contributed by atoms with E-state index in [9.17, 15) is 4.79 Å². The second kappa shape index (κ2) is 7.61. The first-order chi connectivity index (χ1) is 15.7. The van der Waals surface area contributed by atoms with Crippen LogP contribution in [0, 0.1) is 56.7 Å². The molecule has 192 valence electrons. The Labute approximate surface area is 210 Å². The van der Waals surface area contributed by atoms with Crippen molar-refractivity contribution in [1.29, 1.82) is 0 Å². The van der Waals surface area contributed by atoms with Crippen LogP contribution < -0.4 is 0 Å². The van der Waals surface area contributed by atoms with Gasteiger partial charge in [-0.1, -0.05) is 60.6 Å². The van der Waals surface area contributed by atoms with Crippen LogP contribution >= 0.6 is 0 Å². The molecule has 10 atom stereocenters. The summed E-state index contributed by atoms with van der Waals surface area (Å²) in [4.78, 5) is 11.9. The van der Waals surface area contributed by atoms with Crippen molar-refractivity contribution in [2.45, 2.75) is 126 Å². The molecule has 5 aliphatic carbocycles. The van der Waals surface area contributed by atoms with E-state index in [1.807, 2.05) is 0 Å². The van der Waals surface area contributed by atoms with Crippen molar-refractivity contribution in [2.75, 3.05) is 0 Å². The molecule has 0 aromatic heterocycles. The molecular weight excluding hydrogens is 416 g/mol. The van der Waals surface area contributed by atoms with Crippen molar-refractivity contribution in [3.05, 3.63) is 12.2 Å². The molecule has 5 rings (SSSR count). The number of allylic oxidation sites excluding steroid dienone is 1. The lowest BCUT2D eigenvalue weighted by Crippen LogP contribution is -2.67. The Balaban J connectivity index is 1.50. The van der Waals surface area contributed by atoms with Gasteiger partial charge in [0, 0.05) is 12.3 Å². The van der Waals surface area contributed by atoms with E-state index in [0.29, 0.717) is 33.5 Å². The van der Waals surface area contributed by atoms with Crippen LogP contribution in [0.4, 0.5) is 0 Å². The average molecular weight is 469 g/mol. The summed E-state index contributed by atoms with van der Waals surface area (Å²) in [5.74, 6) is 3.64. The van der Waals surface area contributed by atoms with Gasteiger partial charge in [-0.05, 0) is 115 Å². The van der Waals surface area contributed by atoms with E-state index in [1.165, 1.54) is 63.4 Å². The van der Waals surface area contributed by atoms with Gasteiger partial charge < -0.3 is 4.74 Å². The third-order valence-corrected chi connectivity index (χ3v) is 13.8. The third kappa shape index (κ3) is 3.08. The zero-order valence-electron chi connectivity index (χ0n) is 23.6. The summed E-state index contributed by atoms with van der Waals surface area (Å²) in [6.07, 6.45) is 13.2. The van der Waals surface area contributed by atoms with Crippen LogP contribution in [0.5, 0.6) is 0 Å². The SMILES string of the molecule is C=C1CC[C@]2(C)CC[C@]3(C)[C@H](CCC4[C@@]5(C)CCC(OC(C)=O)C(C)(C)C5CC[C@]43C)[C@@H]2C1C. The molecule has 5 fully saturated rings. The van der Waals surface area contributed by atoms with Crippen molar-refractivity contribution < 1.29 is 9.53 Å². The summed E-state index contributed by atoms with van der Waals surface area (Å²) in [6.45, 7) is 24.2. The standard InChI is InChI=1S/C32H52O2/c1-20-12-15-29(6)18-19-31(8)23(27(29)21(20)2)10-11-25-30(7)16-14-26(34-22(3)33)28(4,5)24(30)13-17-32(25,31)9/h21,23-27H,1,10-19H2,2-9H3/t21?,23-,24?,25?,26?,27+,29-,30+,31-,32-/m1/s1. The van der Waals surface area contributed by atoms with Gasteiger partial charge in [-0.2, -0.15) is 0 Å². The van der Waals surface area contributed by atoms with Crippen LogP contribution in [0.3, 0.4) is 0 Å². The maximum absolute atomic E-state index is 11.9. The number of fused-ring (bicyclic) bond motifs is 7. The van der Waals surface area contributed by atoms with Gasteiger partial charge in [-0.3, -0.25) is 4.79 Å². The number of hydrogen-bond acceptors (Lipinski definition) is 2. The lowest BCUT2D eigenvalue weighted by molar-refractivity contribution is -0.253. The van der Waals surface area contributed by atoms with Gasteiger partial charge in [0.05, 0.1) is 0 Å². The fourth-order valence-electron chi connectivity index (χ4n) is 11.8. The zero-order chi connectivity index (χ0) is 24.9. The summed E-state index contributed by atoms with van der Waals surface area (Å²) in [6, 6.07) is 0. The van der Waals surface area contributed by atoms with E-state index in [0.717, 1.165) is 24.2 Å². The summed E-state index contributed by atoms with van der Waals surface area (Å²) in [5, 5.41) is 0. The van der Waals surface area contributed by atoms with Gasteiger partial charge in [-0.15, -0.1) is 0 Å². The molecule has 0 aliphatic heterocycles. The van der Waals surface area contributed by atoms with E-state index >= 15 is 0 Å². The number of hydrogen-bond donors (Lipinski definition) is 0. The smallest absolute Gasteiger partial charge is 0.302 e. The summed E-state index contributed by atoms with van der Waals surface area (Å²) in [7, 11) is 0. The second-order valence-corrected chi connectivity index (χ2v) is 15.3. The molecule has 0 amide bonds. The second-order valence-electron chi connectivity index (χ2n) is 15.3. The molecule has 0 heterocycles. The molecular formula is C32H52O2. The normalized spacial score (nSPS) is 54.2. The third-order valence-electron chi connectivity index (χ3n) is 13.8. The van der Waals surface area contributed by atoms with Crippen LogP contribution in [0.25, 0.3) is 0 Å². The Hall–Kier alpha value is -0.790. The van der Waals surface area contributed by atoms with Crippen molar-refractivity contribution in [3.63, 3.8) is 0 Å². The highest BCUT2D eigenvalue weighted by molar-refractivity contribution is 5.66. The monoisotopic (exact) mass is 468 g/mol. The Kier molecular flexibility index (Phi) is 5.57. The van der Waals surface area contributed by atoms with E-state index in [1.54, 1.807) is 6.92 Å². The molecule has 0 aromatic rings. The molecule has 0 radical (unpaired) electrons. The van der Waals surface area contributed by atoms with E-state index in [-0.39, 0.29) is 17.5 Å². The van der Waals surface area contributed by atoms with Gasteiger partial charge >= 0.3 is 5.97 Å². The zero-order valence-corrected chi connectivity index (χ0v) is 23.6. The minimum absolute atomic E-state index is 0.0541. The van der Waals surface area contributed by atoms with Crippen LogP contribution in [0.1, 0.15) is 120 Å². The number of carbonyl (C=O) groups is 1. The summed E-state index contributed by atoms with van der Waals surface area (Å²) < 4.78 is 5.91. The van der Waals surface area contributed by atoms with Gasteiger partial charge in [0.15, 0.2) is 0 Å². The van der Waals surface area contributed by atoms with E-state index in [4.69, 9.17) is 4.74 Å². The molecule has 2 heteroatoms. The Morgan fingerprint density at radius 2 is 1.56 bits per heavy atom. The van der Waals surface area contributed by atoms with Crippen LogP contribution in [-0.2, 0) is 9.53 Å². The lowest BCUT2D eigenvalue weighted by atomic mass is 9.31. The molecule has 5 saturated carbocycles. The number of rotatable bonds is 1. The highest BCUT2D eigenvalue weighted by atomic mass is 16.5. The first-order valence-corrected chi connectivity index (χ1v) is 14.6. The molecule has 34 heavy (non-hydrogen) atoms. The van der Waals surface area contributed by atoms with Crippen molar-refractivity contribution in [2.24, 2.45) is 56.7 Å². The first kappa shape index (κ1) is 24.9. The molecule has 0 saturated heterocycles. The maximum Gasteiger partial charge on any atom is 0.302 e. The number of carbonyl (C=O) groups excluding carboxylic acids is 1. The lowest BCUT2D eigenvalue weighted by Gasteiger charge is -2.73. The molecule has 5 aliphatic rings. The fraction of sp³-hybridized carbons (Fsp3) is 0.906. The van der Waals surface area contributed by atoms with Crippen LogP contribution in [0.15, 0.2) is 12.2 Å². The van der Waals surface area contributed by atoms with Gasteiger partial charge in [-0.25, -0.2) is 0 Å².